The lowest BCUT2D eigenvalue weighted by Gasteiger charge is -2.02. The first-order valence-corrected chi connectivity index (χ1v) is 9.60. The highest BCUT2D eigenvalue weighted by Gasteiger charge is 2.11. The average molecular weight is 368 g/mol. The smallest absolute Gasteiger partial charge is 0.0895 e. The van der Waals surface area contributed by atoms with E-state index in [1.54, 1.807) is 11.3 Å². The standard InChI is InChI=1S/C22H16N4S/c1-2-4-16(5-3-1)13-26-14-18(12-24-26)20-6-7-21-22(25-20)19(15-27-21)17-8-10-23-11-9-17/h1-12,14-15H,13H2. The maximum Gasteiger partial charge on any atom is 0.0895 e. The molecule has 0 bridgehead atoms. The Hall–Kier alpha value is -3.31. The molecule has 4 aromatic heterocycles. The summed E-state index contributed by atoms with van der Waals surface area (Å²) < 4.78 is 3.13. The molecule has 1 aromatic carbocycles. The number of rotatable bonds is 4. The van der Waals surface area contributed by atoms with Gasteiger partial charge in [0.1, 0.15) is 0 Å². The molecule has 0 spiro atoms. The minimum atomic E-state index is 0.754. The lowest BCUT2D eigenvalue weighted by Crippen LogP contribution is -1.99. The Morgan fingerprint density at radius 1 is 0.889 bits per heavy atom. The van der Waals surface area contributed by atoms with Gasteiger partial charge in [-0.05, 0) is 35.4 Å². The Labute approximate surface area is 160 Å². The van der Waals surface area contributed by atoms with Crippen LogP contribution in [0, 0.1) is 0 Å². The van der Waals surface area contributed by atoms with E-state index < -0.39 is 0 Å². The van der Waals surface area contributed by atoms with E-state index in [0.717, 1.165) is 34.4 Å². The molecular weight excluding hydrogens is 352 g/mol. The summed E-state index contributed by atoms with van der Waals surface area (Å²) in [6, 6.07) is 18.6. The molecule has 0 saturated heterocycles. The SMILES string of the molecule is c1ccc(Cn2cc(-c3ccc4scc(-c5ccncc5)c4n3)cn2)cc1. The van der Waals surface area contributed by atoms with Gasteiger partial charge in [-0.25, -0.2) is 4.98 Å². The summed E-state index contributed by atoms with van der Waals surface area (Å²) in [5, 5.41) is 6.67. The Balaban J connectivity index is 1.50. The Kier molecular flexibility index (Phi) is 3.99. The van der Waals surface area contributed by atoms with Gasteiger partial charge in [0.05, 0.1) is 28.7 Å². The predicted octanol–water partition coefficient (Wildman–Crippen LogP) is 5.27. The molecular formula is C22H16N4S. The van der Waals surface area contributed by atoms with Crippen molar-refractivity contribution in [1.29, 1.82) is 0 Å². The Bertz CT molecular complexity index is 1190. The van der Waals surface area contributed by atoms with E-state index in [2.05, 4.69) is 45.9 Å². The molecule has 0 aliphatic carbocycles. The van der Waals surface area contributed by atoms with Gasteiger partial charge in [0.25, 0.3) is 0 Å². The summed E-state index contributed by atoms with van der Waals surface area (Å²) in [4.78, 5) is 9.05. The van der Waals surface area contributed by atoms with Crippen LogP contribution < -0.4 is 0 Å². The van der Waals surface area contributed by atoms with Gasteiger partial charge in [-0.1, -0.05) is 30.3 Å². The highest BCUT2D eigenvalue weighted by Crippen LogP contribution is 2.34. The van der Waals surface area contributed by atoms with E-state index in [1.165, 1.54) is 10.3 Å². The maximum atomic E-state index is 4.94. The van der Waals surface area contributed by atoms with Crippen LogP contribution in [0.2, 0.25) is 0 Å². The van der Waals surface area contributed by atoms with Gasteiger partial charge in [-0.15, -0.1) is 11.3 Å². The number of pyridine rings is 2. The number of benzene rings is 1. The summed E-state index contributed by atoms with van der Waals surface area (Å²) in [6.07, 6.45) is 7.57. The lowest BCUT2D eigenvalue weighted by molar-refractivity contribution is 0.687. The van der Waals surface area contributed by atoms with Crippen LogP contribution in [0.15, 0.2) is 84.8 Å². The van der Waals surface area contributed by atoms with Crippen LogP contribution in [0.25, 0.3) is 32.6 Å². The highest BCUT2D eigenvalue weighted by atomic mass is 32.1. The van der Waals surface area contributed by atoms with Gasteiger partial charge in [0.15, 0.2) is 0 Å². The van der Waals surface area contributed by atoms with E-state index in [-0.39, 0.29) is 0 Å². The molecule has 0 saturated carbocycles. The van der Waals surface area contributed by atoms with Gasteiger partial charge in [-0.3, -0.25) is 9.67 Å². The summed E-state index contributed by atoms with van der Waals surface area (Å²) >= 11 is 1.72. The molecule has 5 aromatic rings. The predicted molar refractivity (Wildman–Crippen MR) is 110 cm³/mol. The van der Waals surface area contributed by atoms with Crippen molar-refractivity contribution < 1.29 is 0 Å². The zero-order valence-electron chi connectivity index (χ0n) is 14.5. The second-order valence-electron chi connectivity index (χ2n) is 6.34. The van der Waals surface area contributed by atoms with Crippen LogP contribution in [-0.4, -0.2) is 19.7 Å². The lowest BCUT2D eigenvalue weighted by atomic mass is 10.1. The number of nitrogens with zero attached hydrogens (tertiary/aromatic N) is 4. The van der Waals surface area contributed by atoms with Crippen molar-refractivity contribution in [2.75, 3.05) is 0 Å². The van der Waals surface area contributed by atoms with Gasteiger partial charge in [0, 0.05) is 35.1 Å². The highest BCUT2D eigenvalue weighted by molar-refractivity contribution is 7.17. The van der Waals surface area contributed by atoms with E-state index >= 15 is 0 Å². The maximum absolute atomic E-state index is 4.94. The van der Waals surface area contributed by atoms with Crippen molar-refractivity contribution in [3.8, 4) is 22.4 Å². The molecule has 0 unspecified atom stereocenters. The van der Waals surface area contributed by atoms with Crippen LogP contribution in [0.3, 0.4) is 0 Å². The zero-order chi connectivity index (χ0) is 18.1. The van der Waals surface area contributed by atoms with E-state index in [4.69, 9.17) is 4.98 Å². The number of aromatic nitrogens is 4. The quantitative estimate of drug-likeness (QED) is 0.434. The molecule has 5 heteroatoms. The molecule has 0 N–H and O–H groups in total. The minimum Gasteiger partial charge on any atom is -0.268 e. The first kappa shape index (κ1) is 15.9. The molecule has 5 rings (SSSR count). The molecule has 0 atom stereocenters. The third kappa shape index (κ3) is 3.13. The number of thiophene rings is 1. The number of fused-ring (bicyclic) bond motifs is 1. The first-order chi connectivity index (χ1) is 13.4. The van der Waals surface area contributed by atoms with E-state index in [1.807, 2.05) is 53.6 Å². The van der Waals surface area contributed by atoms with Crippen LogP contribution in [0.5, 0.6) is 0 Å². The molecule has 0 radical (unpaired) electrons. The normalized spacial score (nSPS) is 11.1. The monoisotopic (exact) mass is 368 g/mol. The van der Waals surface area contributed by atoms with Crippen molar-refractivity contribution in [2.45, 2.75) is 6.54 Å². The number of hydrogen-bond donors (Lipinski definition) is 0. The van der Waals surface area contributed by atoms with Crippen LogP contribution >= 0.6 is 11.3 Å². The second-order valence-corrected chi connectivity index (χ2v) is 7.25. The largest absolute Gasteiger partial charge is 0.268 e. The molecule has 27 heavy (non-hydrogen) atoms. The van der Waals surface area contributed by atoms with Gasteiger partial charge in [0.2, 0.25) is 0 Å². The minimum absolute atomic E-state index is 0.754. The Morgan fingerprint density at radius 2 is 1.74 bits per heavy atom. The molecule has 0 aliphatic rings. The average Bonchev–Trinajstić information content (AvgIpc) is 3.36. The Morgan fingerprint density at radius 3 is 2.59 bits per heavy atom. The van der Waals surface area contributed by atoms with Crippen LogP contribution in [0.4, 0.5) is 0 Å². The molecule has 0 aliphatic heterocycles. The van der Waals surface area contributed by atoms with Crippen molar-refractivity contribution in [1.82, 2.24) is 19.7 Å². The third-order valence-electron chi connectivity index (χ3n) is 4.52. The molecule has 4 heterocycles. The summed E-state index contributed by atoms with van der Waals surface area (Å²) in [7, 11) is 0. The van der Waals surface area contributed by atoms with Gasteiger partial charge >= 0.3 is 0 Å². The summed E-state index contributed by atoms with van der Waals surface area (Å²) in [6.45, 7) is 0.754. The molecule has 0 amide bonds. The van der Waals surface area contributed by atoms with Crippen LogP contribution in [-0.2, 0) is 6.54 Å². The molecule has 0 fully saturated rings. The summed E-state index contributed by atoms with van der Waals surface area (Å²) in [5.41, 5.74) is 6.51. The van der Waals surface area contributed by atoms with E-state index in [0.29, 0.717) is 0 Å². The fourth-order valence-electron chi connectivity index (χ4n) is 3.16. The first-order valence-electron chi connectivity index (χ1n) is 8.72. The van der Waals surface area contributed by atoms with Crippen molar-refractivity contribution in [3.05, 3.63) is 90.3 Å². The molecule has 4 nitrogen and oxygen atoms in total. The second kappa shape index (κ2) is 6.78. The molecule has 130 valence electrons. The van der Waals surface area contributed by atoms with Gasteiger partial charge in [-0.2, -0.15) is 5.10 Å². The number of hydrogen-bond acceptors (Lipinski definition) is 4. The zero-order valence-corrected chi connectivity index (χ0v) is 15.3. The fourth-order valence-corrected chi connectivity index (χ4v) is 4.07. The van der Waals surface area contributed by atoms with E-state index in [9.17, 15) is 0 Å². The third-order valence-corrected chi connectivity index (χ3v) is 5.46. The van der Waals surface area contributed by atoms with Crippen molar-refractivity contribution >= 4 is 21.6 Å². The van der Waals surface area contributed by atoms with Crippen molar-refractivity contribution in [3.63, 3.8) is 0 Å². The van der Waals surface area contributed by atoms with Gasteiger partial charge < -0.3 is 0 Å². The van der Waals surface area contributed by atoms with Crippen molar-refractivity contribution in [2.24, 2.45) is 0 Å². The summed E-state index contributed by atoms with van der Waals surface area (Å²) in [5.74, 6) is 0. The topological polar surface area (TPSA) is 43.6 Å². The van der Waals surface area contributed by atoms with Crippen LogP contribution in [0.1, 0.15) is 5.56 Å². The fraction of sp³-hybridized carbons (Fsp3) is 0.0455.